The number of aromatic hydroxyl groups is 1. The van der Waals surface area contributed by atoms with Gasteiger partial charge in [-0.2, -0.15) is 0 Å². The number of phenolic OH excluding ortho intramolecular Hbond substituents is 1. The Balaban J connectivity index is 1.46. The van der Waals surface area contributed by atoms with Crippen LogP contribution in [0.2, 0.25) is 5.02 Å². The molecular weight excluding hydrogens is 324 g/mol. The fourth-order valence-corrected chi connectivity index (χ4v) is 3.08. The summed E-state index contributed by atoms with van der Waals surface area (Å²) in [5.41, 5.74) is 0.564. The molecule has 3 N–H and O–H groups in total. The second-order valence-electron chi connectivity index (χ2n) is 5.09. The average molecular weight is 339 g/mol. The van der Waals surface area contributed by atoms with Crippen LogP contribution in [0, 0.1) is 0 Å². The van der Waals surface area contributed by atoms with Gasteiger partial charge in [-0.1, -0.05) is 35.1 Å². The van der Waals surface area contributed by atoms with Gasteiger partial charge in [-0.25, -0.2) is 4.79 Å². The Bertz CT molecular complexity index is 687. The highest BCUT2D eigenvalue weighted by Crippen LogP contribution is 2.41. The van der Waals surface area contributed by atoms with E-state index in [-0.39, 0.29) is 23.3 Å². The zero-order valence-corrected chi connectivity index (χ0v) is 13.2. The van der Waals surface area contributed by atoms with Gasteiger partial charge in [0.1, 0.15) is 15.8 Å². The first-order chi connectivity index (χ1) is 10.6. The number of nitrogens with one attached hydrogen (secondary N) is 2. The predicted molar refractivity (Wildman–Crippen MR) is 84.1 cm³/mol. The SMILES string of the molecule is O=C(NCc1nnc(C2CC2)s1)NCc1cccc(Cl)c1O. The van der Waals surface area contributed by atoms with Crippen molar-refractivity contribution in [1.29, 1.82) is 0 Å². The van der Waals surface area contributed by atoms with Crippen molar-refractivity contribution in [2.45, 2.75) is 31.8 Å². The van der Waals surface area contributed by atoms with E-state index in [1.807, 2.05) is 0 Å². The third kappa shape index (κ3) is 3.66. The predicted octanol–water partition coefficient (Wildman–Crippen LogP) is 2.77. The number of phenols is 1. The second-order valence-corrected chi connectivity index (χ2v) is 6.59. The molecule has 3 rings (SSSR count). The van der Waals surface area contributed by atoms with Gasteiger partial charge in [-0.15, -0.1) is 10.2 Å². The van der Waals surface area contributed by atoms with Crippen molar-refractivity contribution in [3.8, 4) is 5.75 Å². The molecule has 0 spiro atoms. The van der Waals surface area contributed by atoms with Gasteiger partial charge in [0.2, 0.25) is 0 Å². The zero-order valence-electron chi connectivity index (χ0n) is 11.7. The molecule has 1 aromatic carbocycles. The minimum Gasteiger partial charge on any atom is -0.506 e. The van der Waals surface area contributed by atoms with Crippen LogP contribution in [0.25, 0.3) is 0 Å². The number of rotatable bonds is 5. The number of carbonyl (C=O) groups excluding carboxylic acids is 1. The number of benzene rings is 1. The molecule has 1 aliphatic rings. The summed E-state index contributed by atoms with van der Waals surface area (Å²) in [5.74, 6) is 0.563. The molecule has 0 bridgehead atoms. The minimum absolute atomic E-state index is 0.0114. The third-order valence-electron chi connectivity index (χ3n) is 3.32. The molecule has 0 radical (unpaired) electrons. The standard InChI is InChI=1S/C14H15ClN4O2S/c15-10-3-1-2-9(12(10)20)6-16-14(21)17-7-11-18-19-13(22-11)8-4-5-8/h1-3,8,20H,4-7H2,(H2,16,17,21). The number of urea groups is 1. The Labute approximate surface area is 136 Å². The van der Waals surface area contributed by atoms with E-state index < -0.39 is 0 Å². The molecule has 0 atom stereocenters. The van der Waals surface area contributed by atoms with Crippen molar-refractivity contribution in [3.05, 3.63) is 38.8 Å². The van der Waals surface area contributed by atoms with Gasteiger partial charge >= 0.3 is 6.03 Å². The van der Waals surface area contributed by atoms with Crippen molar-refractivity contribution in [3.63, 3.8) is 0 Å². The lowest BCUT2D eigenvalue weighted by Gasteiger charge is -2.08. The lowest BCUT2D eigenvalue weighted by molar-refractivity contribution is 0.240. The third-order valence-corrected chi connectivity index (χ3v) is 4.71. The highest BCUT2D eigenvalue weighted by Gasteiger charge is 2.27. The number of carbonyl (C=O) groups is 1. The molecule has 1 aromatic heterocycles. The van der Waals surface area contributed by atoms with E-state index in [0.29, 0.717) is 18.0 Å². The molecule has 1 fully saturated rings. The van der Waals surface area contributed by atoms with E-state index in [9.17, 15) is 9.90 Å². The average Bonchev–Trinajstić information content (AvgIpc) is 3.25. The van der Waals surface area contributed by atoms with Crippen LogP contribution in [0.5, 0.6) is 5.75 Å². The van der Waals surface area contributed by atoms with Crippen molar-refractivity contribution in [1.82, 2.24) is 20.8 Å². The van der Waals surface area contributed by atoms with Gasteiger partial charge in [0, 0.05) is 18.0 Å². The Morgan fingerprint density at radius 1 is 1.32 bits per heavy atom. The summed E-state index contributed by atoms with van der Waals surface area (Å²) in [7, 11) is 0. The summed E-state index contributed by atoms with van der Waals surface area (Å²) in [6.07, 6.45) is 2.37. The van der Waals surface area contributed by atoms with Crippen LogP contribution < -0.4 is 10.6 Å². The maximum atomic E-state index is 11.8. The van der Waals surface area contributed by atoms with E-state index >= 15 is 0 Å². The Kier molecular flexibility index (Phi) is 4.44. The largest absolute Gasteiger partial charge is 0.506 e. The highest BCUT2D eigenvalue weighted by atomic mass is 35.5. The van der Waals surface area contributed by atoms with Crippen molar-refractivity contribution < 1.29 is 9.90 Å². The summed E-state index contributed by atoms with van der Waals surface area (Å²) >= 11 is 7.35. The van der Waals surface area contributed by atoms with Crippen LogP contribution in [0.15, 0.2) is 18.2 Å². The Hall–Kier alpha value is -1.86. The van der Waals surface area contributed by atoms with Gasteiger partial charge in [0.15, 0.2) is 0 Å². The van der Waals surface area contributed by atoms with Gasteiger partial charge in [0.25, 0.3) is 0 Å². The first kappa shape index (κ1) is 15.1. The molecule has 8 heteroatoms. The number of aromatic nitrogens is 2. The summed E-state index contributed by atoms with van der Waals surface area (Å²) in [4.78, 5) is 11.8. The van der Waals surface area contributed by atoms with Crippen LogP contribution in [-0.2, 0) is 13.1 Å². The van der Waals surface area contributed by atoms with E-state index in [4.69, 9.17) is 11.6 Å². The first-order valence-corrected chi connectivity index (χ1v) is 8.13. The maximum absolute atomic E-state index is 11.8. The molecule has 22 heavy (non-hydrogen) atoms. The molecule has 1 aliphatic carbocycles. The minimum atomic E-state index is -0.331. The van der Waals surface area contributed by atoms with E-state index in [1.54, 1.807) is 29.5 Å². The molecule has 0 unspecified atom stereocenters. The normalized spacial score (nSPS) is 13.9. The smallest absolute Gasteiger partial charge is 0.315 e. The summed E-state index contributed by atoms with van der Waals surface area (Å²) in [6, 6.07) is 4.68. The topological polar surface area (TPSA) is 87.1 Å². The van der Waals surface area contributed by atoms with Gasteiger partial charge < -0.3 is 15.7 Å². The number of para-hydroxylation sites is 1. The van der Waals surface area contributed by atoms with Crippen molar-refractivity contribution in [2.75, 3.05) is 0 Å². The highest BCUT2D eigenvalue weighted by molar-refractivity contribution is 7.11. The number of amides is 2. The molecule has 0 saturated heterocycles. The van der Waals surface area contributed by atoms with Crippen LogP contribution in [0.3, 0.4) is 0 Å². The lowest BCUT2D eigenvalue weighted by Crippen LogP contribution is -2.34. The van der Waals surface area contributed by atoms with Crippen LogP contribution in [0.1, 0.15) is 34.3 Å². The van der Waals surface area contributed by atoms with E-state index in [1.165, 1.54) is 12.8 Å². The number of hydrogen-bond donors (Lipinski definition) is 3. The molecule has 0 aliphatic heterocycles. The maximum Gasteiger partial charge on any atom is 0.315 e. The van der Waals surface area contributed by atoms with Gasteiger partial charge in [-0.3, -0.25) is 0 Å². The lowest BCUT2D eigenvalue weighted by atomic mass is 10.2. The first-order valence-electron chi connectivity index (χ1n) is 6.94. The number of nitrogens with zero attached hydrogens (tertiary/aromatic N) is 2. The molecule has 2 amide bonds. The second kappa shape index (κ2) is 6.50. The quantitative estimate of drug-likeness (QED) is 0.782. The van der Waals surface area contributed by atoms with Crippen LogP contribution >= 0.6 is 22.9 Å². The van der Waals surface area contributed by atoms with Crippen LogP contribution in [0.4, 0.5) is 4.79 Å². The van der Waals surface area contributed by atoms with Gasteiger partial charge in [-0.05, 0) is 18.9 Å². The van der Waals surface area contributed by atoms with Crippen LogP contribution in [-0.4, -0.2) is 21.3 Å². The fourth-order valence-electron chi connectivity index (χ4n) is 1.93. The monoisotopic (exact) mass is 338 g/mol. The number of hydrogen-bond acceptors (Lipinski definition) is 5. The van der Waals surface area contributed by atoms with Crippen molar-refractivity contribution >= 4 is 29.0 Å². The summed E-state index contributed by atoms with van der Waals surface area (Å²) in [5, 5.41) is 25.4. The fraction of sp³-hybridized carbons (Fsp3) is 0.357. The molecule has 6 nitrogen and oxygen atoms in total. The number of halogens is 1. The van der Waals surface area contributed by atoms with E-state index in [2.05, 4.69) is 20.8 Å². The molecule has 2 aromatic rings. The molecule has 1 heterocycles. The van der Waals surface area contributed by atoms with E-state index in [0.717, 1.165) is 10.0 Å². The Morgan fingerprint density at radius 2 is 2.09 bits per heavy atom. The zero-order chi connectivity index (χ0) is 15.5. The molecule has 116 valence electrons. The summed E-state index contributed by atoms with van der Waals surface area (Å²) in [6.45, 7) is 0.541. The summed E-state index contributed by atoms with van der Waals surface area (Å²) < 4.78 is 0. The Morgan fingerprint density at radius 3 is 2.86 bits per heavy atom. The molecular formula is C14H15ClN4O2S. The molecule has 1 saturated carbocycles. The van der Waals surface area contributed by atoms with Gasteiger partial charge in [0.05, 0.1) is 11.6 Å². The van der Waals surface area contributed by atoms with Crippen molar-refractivity contribution in [2.24, 2.45) is 0 Å².